The minimum atomic E-state index is -0.958. The van der Waals surface area contributed by atoms with E-state index in [-0.39, 0.29) is 0 Å². The van der Waals surface area contributed by atoms with Gasteiger partial charge in [-0.15, -0.1) is 0 Å². The summed E-state index contributed by atoms with van der Waals surface area (Å²) < 4.78 is 16.7. The summed E-state index contributed by atoms with van der Waals surface area (Å²) in [6.45, 7) is 0.0297. The lowest BCUT2D eigenvalue weighted by Crippen LogP contribution is -2.21. The fourth-order valence-corrected chi connectivity index (χ4v) is 0.980. The van der Waals surface area contributed by atoms with Crippen molar-refractivity contribution >= 4 is 11.6 Å². The van der Waals surface area contributed by atoms with E-state index in [0.717, 1.165) is 6.42 Å². The number of rotatable bonds is 1. The summed E-state index contributed by atoms with van der Waals surface area (Å²) in [6.07, 6.45) is 1.53. The lowest BCUT2D eigenvalue weighted by atomic mass is 10.2. The molecule has 0 N–H and O–H groups in total. The predicted molar refractivity (Wildman–Crippen MR) is 29.7 cm³/mol. The van der Waals surface area contributed by atoms with Crippen molar-refractivity contribution in [3.8, 4) is 0 Å². The molecular formula is C5H8ClFO. The third-order valence-corrected chi connectivity index (χ3v) is 1.65. The number of ether oxygens (including phenoxy) is 1. The van der Waals surface area contributed by atoms with Gasteiger partial charge in [0.15, 0.2) is 5.06 Å². The van der Waals surface area contributed by atoms with Crippen molar-refractivity contribution in [3.63, 3.8) is 0 Å². The van der Waals surface area contributed by atoms with Gasteiger partial charge in [-0.2, -0.15) is 0 Å². The summed E-state index contributed by atoms with van der Waals surface area (Å²) in [5, 5.41) is -0.958. The van der Waals surface area contributed by atoms with Crippen LogP contribution in [0.3, 0.4) is 0 Å². The molecule has 0 radical (unpaired) electrons. The molecule has 1 atom stereocenters. The van der Waals surface area contributed by atoms with Gasteiger partial charge in [-0.1, -0.05) is 11.6 Å². The van der Waals surface area contributed by atoms with Gasteiger partial charge in [0.1, 0.15) is 6.67 Å². The maximum Gasteiger partial charge on any atom is 0.169 e. The van der Waals surface area contributed by atoms with Crippen molar-refractivity contribution in [1.29, 1.82) is 0 Å². The number of alkyl halides is 2. The average molecular weight is 139 g/mol. The van der Waals surface area contributed by atoms with Crippen molar-refractivity contribution < 1.29 is 9.13 Å². The van der Waals surface area contributed by atoms with Crippen LogP contribution in [0.2, 0.25) is 0 Å². The zero-order chi connectivity index (χ0) is 6.04. The Balaban J connectivity index is 2.40. The van der Waals surface area contributed by atoms with Crippen molar-refractivity contribution in [1.82, 2.24) is 0 Å². The van der Waals surface area contributed by atoms with Gasteiger partial charge in [-0.25, -0.2) is 4.39 Å². The van der Waals surface area contributed by atoms with Crippen LogP contribution in [0.15, 0.2) is 0 Å². The molecule has 3 heteroatoms. The van der Waals surface area contributed by atoms with E-state index in [9.17, 15) is 4.39 Å². The minimum Gasteiger partial charge on any atom is -0.357 e. The minimum absolute atomic E-state index is 0.575. The van der Waals surface area contributed by atoms with Gasteiger partial charge < -0.3 is 4.74 Å². The fourth-order valence-electron chi connectivity index (χ4n) is 0.769. The van der Waals surface area contributed by atoms with Crippen molar-refractivity contribution in [2.75, 3.05) is 13.3 Å². The lowest BCUT2D eigenvalue weighted by Gasteiger charge is -2.13. The van der Waals surface area contributed by atoms with Gasteiger partial charge in [0, 0.05) is 6.61 Å². The molecule has 8 heavy (non-hydrogen) atoms. The molecule has 0 aromatic rings. The van der Waals surface area contributed by atoms with E-state index in [1.54, 1.807) is 0 Å². The van der Waals surface area contributed by atoms with E-state index in [4.69, 9.17) is 16.3 Å². The van der Waals surface area contributed by atoms with E-state index < -0.39 is 11.7 Å². The highest BCUT2D eigenvalue weighted by molar-refractivity contribution is 6.23. The maximum atomic E-state index is 11.8. The van der Waals surface area contributed by atoms with Crippen LogP contribution < -0.4 is 0 Å². The second kappa shape index (κ2) is 2.19. The van der Waals surface area contributed by atoms with Crippen molar-refractivity contribution in [2.24, 2.45) is 0 Å². The van der Waals surface area contributed by atoms with Crippen LogP contribution in [-0.2, 0) is 4.74 Å². The second-order valence-electron chi connectivity index (χ2n) is 1.97. The number of hydrogen-bond acceptors (Lipinski definition) is 1. The molecule has 0 amide bonds. The third kappa shape index (κ3) is 1.12. The van der Waals surface area contributed by atoms with Crippen LogP contribution in [0.25, 0.3) is 0 Å². The quantitative estimate of drug-likeness (QED) is 0.501. The highest BCUT2D eigenvalue weighted by atomic mass is 35.5. The smallest absolute Gasteiger partial charge is 0.169 e. The molecule has 0 spiro atoms. The van der Waals surface area contributed by atoms with Gasteiger partial charge in [-0.05, 0) is 12.8 Å². The standard InChI is InChI=1S/C5H8ClFO/c6-5(4-7)2-1-3-8-5/h1-4H2. The molecule has 1 fully saturated rings. The summed E-state index contributed by atoms with van der Waals surface area (Å²) in [7, 11) is 0. The first-order valence-electron chi connectivity index (χ1n) is 2.66. The molecule has 0 aliphatic carbocycles. The first-order chi connectivity index (χ1) is 3.77. The summed E-state index contributed by atoms with van der Waals surface area (Å²) >= 11 is 5.56. The van der Waals surface area contributed by atoms with Crippen LogP contribution in [0.1, 0.15) is 12.8 Å². The maximum absolute atomic E-state index is 11.8. The Kier molecular flexibility index (Phi) is 1.73. The molecule has 1 heterocycles. The van der Waals surface area contributed by atoms with Gasteiger partial charge >= 0.3 is 0 Å². The van der Waals surface area contributed by atoms with Crippen LogP contribution >= 0.6 is 11.6 Å². The molecule has 48 valence electrons. The normalized spacial score (nSPS) is 38.2. The molecule has 1 aliphatic heterocycles. The molecule has 1 nitrogen and oxygen atoms in total. The molecule has 1 saturated heterocycles. The van der Waals surface area contributed by atoms with E-state index >= 15 is 0 Å². The highest BCUT2D eigenvalue weighted by Gasteiger charge is 2.32. The molecular weight excluding hydrogens is 131 g/mol. The van der Waals surface area contributed by atoms with Crippen molar-refractivity contribution in [3.05, 3.63) is 0 Å². The van der Waals surface area contributed by atoms with Gasteiger partial charge in [0.2, 0.25) is 0 Å². The fraction of sp³-hybridized carbons (Fsp3) is 1.00. The van der Waals surface area contributed by atoms with Crippen LogP contribution in [0.5, 0.6) is 0 Å². The largest absolute Gasteiger partial charge is 0.357 e. The van der Waals surface area contributed by atoms with Crippen LogP contribution in [-0.4, -0.2) is 18.3 Å². The Labute approximate surface area is 52.8 Å². The average Bonchev–Trinajstić information content (AvgIpc) is 2.17. The SMILES string of the molecule is FCC1(Cl)CCCO1. The van der Waals surface area contributed by atoms with E-state index in [0.29, 0.717) is 13.0 Å². The summed E-state index contributed by atoms with van der Waals surface area (Å²) in [5.41, 5.74) is 0. The third-order valence-electron chi connectivity index (χ3n) is 1.25. The van der Waals surface area contributed by atoms with Gasteiger partial charge in [0.05, 0.1) is 0 Å². The molecule has 1 rings (SSSR count). The number of halogens is 2. The Hall–Kier alpha value is 0.180. The topological polar surface area (TPSA) is 9.23 Å². The second-order valence-corrected chi connectivity index (χ2v) is 2.66. The molecule has 1 aliphatic rings. The van der Waals surface area contributed by atoms with Crippen molar-refractivity contribution in [2.45, 2.75) is 17.9 Å². The first kappa shape index (κ1) is 6.30. The zero-order valence-corrected chi connectivity index (χ0v) is 5.25. The summed E-state index contributed by atoms with van der Waals surface area (Å²) in [6, 6.07) is 0. The Morgan fingerprint density at radius 3 is 2.75 bits per heavy atom. The predicted octanol–water partition coefficient (Wildman–Crippen LogP) is 1.70. The summed E-state index contributed by atoms with van der Waals surface area (Å²) in [4.78, 5) is 0. The van der Waals surface area contributed by atoms with Crippen LogP contribution in [0, 0.1) is 0 Å². The molecule has 1 unspecified atom stereocenters. The molecule has 0 aromatic heterocycles. The summed E-state index contributed by atoms with van der Waals surface area (Å²) in [5.74, 6) is 0. The zero-order valence-electron chi connectivity index (χ0n) is 4.49. The molecule has 0 bridgehead atoms. The van der Waals surface area contributed by atoms with E-state index in [2.05, 4.69) is 0 Å². The molecule has 0 aromatic carbocycles. The Morgan fingerprint density at radius 1 is 1.75 bits per heavy atom. The Bertz CT molecular complexity index is 80.5. The number of hydrogen-bond donors (Lipinski definition) is 0. The van der Waals surface area contributed by atoms with Gasteiger partial charge in [0.25, 0.3) is 0 Å². The monoisotopic (exact) mass is 138 g/mol. The highest BCUT2D eigenvalue weighted by Crippen LogP contribution is 2.29. The van der Waals surface area contributed by atoms with E-state index in [1.807, 2.05) is 0 Å². The lowest BCUT2D eigenvalue weighted by molar-refractivity contribution is 0.0537. The Morgan fingerprint density at radius 2 is 2.50 bits per heavy atom. The van der Waals surface area contributed by atoms with E-state index in [1.165, 1.54) is 0 Å². The molecule has 0 saturated carbocycles. The van der Waals surface area contributed by atoms with Crippen LogP contribution in [0.4, 0.5) is 4.39 Å². The first-order valence-corrected chi connectivity index (χ1v) is 3.03. The van der Waals surface area contributed by atoms with Gasteiger partial charge in [-0.3, -0.25) is 0 Å².